The van der Waals surface area contributed by atoms with Crippen molar-refractivity contribution in [2.75, 3.05) is 5.88 Å². The molecule has 0 radical (unpaired) electrons. The zero-order chi connectivity index (χ0) is 19.9. The van der Waals surface area contributed by atoms with Crippen LogP contribution in [0.5, 0.6) is 0 Å². The molecule has 1 N–H and O–H groups in total. The third-order valence-electron chi connectivity index (χ3n) is 6.03. The van der Waals surface area contributed by atoms with Crippen molar-refractivity contribution in [1.29, 1.82) is 0 Å². The van der Waals surface area contributed by atoms with Gasteiger partial charge in [-0.1, -0.05) is 62.3 Å². The van der Waals surface area contributed by atoms with E-state index in [1.165, 1.54) is 12.8 Å². The van der Waals surface area contributed by atoms with E-state index >= 15 is 0 Å². The molecule has 4 nitrogen and oxygen atoms in total. The second-order valence-electron chi connectivity index (χ2n) is 8.02. The Bertz CT molecular complexity index is 653. The van der Waals surface area contributed by atoms with Crippen LogP contribution in [0.15, 0.2) is 24.3 Å². The fourth-order valence-corrected chi connectivity index (χ4v) is 4.86. The van der Waals surface area contributed by atoms with Gasteiger partial charge in [-0.25, -0.2) is 0 Å². The average molecular weight is 425 g/mol. The van der Waals surface area contributed by atoms with Crippen LogP contribution in [0.1, 0.15) is 75.8 Å². The van der Waals surface area contributed by atoms with Crippen LogP contribution >= 0.6 is 23.2 Å². The van der Waals surface area contributed by atoms with Crippen LogP contribution in [0.2, 0.25) is 5.02 Å². The first kappa shape index (κ1) is 21.4. The van der Waals surface area contributed by atoms with Gasteiger partial charge >= 0.3 is 0 Å². The molecule has 2 aliphatic rings. The molecule has 3 rings (SSSR count). The van der Waals surface area contributed by atoms with Gasteiger partial charge in [0.15, 0.2) is 0 Å². The summed E-state index contributed by atoms with van der Waals surface area (Å²) in [4.78, 5) is 28.1. The van der Waals surface area contributed by atoms with Crippen molar-refractivity contribution >= 4 is 35.0 Å². The zero-order valence-corrected chi connectivity index (χ0v) is 17.9. The Morgan fingerprint density at radius 3 is 2.11 bits per heavy atom. The number of halogens is 2. The minimum atomic E-state index is -0.659. The molecular weight excluding hydrogens is 395 g/mol. The van der Waals surface area contributed by atoms with Gasteiger partial charge in [-0.2, -0.15) is 0 Å². The van der Waals surface area contributed by atoms with E-state index in [9.17, 15) is 9.59 Å². The average Bonchev–Trinajstić information content (AvgIpc) is 2.73. The predicted molar refractivity (Wildman–Crippen MR) is 114 cm³/mol. The Morgan fingerprint density at radius 2 is 1.54 bits per heavy atom. The summed E-state index contributed by atoms with van der Waals surface area (Å²) in [6.07, 6.45) is 10.7. The van der Waals surface area contributed by atoms with E-state index in [0.29, 0.717) is 5.02 Å². The van der Waals surface area contributed by atoms with Gasteiger partial charge in [-0.15, -0.1) is 11.6 Å². The molecule has 0 saturated heterocycles. The second kappa shape index (κ2) is 10.5. The molecule has 0 spiro atoms. The Kier molecular flexibility index (Phi) is 8.04. The summed E-state index contributed by atoms with van der Waals surface area (Å²) < 4.78 is 0. The highest BCUT2D eigenvalue weighted by Crippen LogP contribution is 2.32. The van der Waals surface area contributed by atoms with Gasteiger partial charge in [0, 0.05) is 17.1 Å². The molecule has 2 fully saturated rings. The van der Waals surface area contributed by atoms with Gasteiger partial charge in [0.2, 0.25) is 11.8 Å². The third-order valence-corrected chi connectivity index (χ3v) is 6.51. The number of hydrogen-bond donors (Lipinski definition) is 1. The number of nitrogens with one attached hydrogen (secondary N) is 1. The van der Waals surface area contributed by atoms with Crippen molar-refractivity contribution < 1.29 is 9.59 Å². The number of carbonyl (C=O) groups is 2. The lowest BCUT2D eigenvalue weighted by atomic mass is 9.91. The number of rotatable bonds is 6. The first-order valence-corrected chi connectivity index (χ1v) is 11.4. The van der Waals surface area contributed by atoms with Gasteiger partial charge in [-0.05, 0) is 43.4 Å². The van der Waals surface area contributed by atoms with Crippen molar-refractivity contribution in [3.05, 3.63) is 34.9 Å². The molecule has 2 amide bonds. The van der Waals surface area contributed by atoms with Gasteiger partial charge in [0.25, 0.3) is 0 Å². The number of amides is 2. The predicted octanol–water partition coefficient (Wildman–Crippen LogP) is 5.23. The maximum Gasteiger partial charge on any atom is 0.247 e. The first-order chi connectivity index (χ1) is 13.6. The summed E-state index contributed by atoms with van der Waals surface area (Å²) >= 11 is 12.0. The molecule has 0 unspecified atom stereocenters. The SMILES string of the molecule is O=C(NC1CCCCC1)[C@@H](c1ccc(Cl)cc1)N(C(=O)CCl)C1CCCCC1. The van der Waals surface area contributed by atoms with Gasteiger partial charge in [0.1, 0.15) is 11.9 Å². The molecule has 1 atom stereocenters. The number of nitrogens with zero attached hydrogens (tertiary/aromatic N) is 1. The summed E-state index contributed by atoms with van der Waals surface area (Å²) in [5.41, 5.74) is 0.793. The minimum Gasteiger partial charge on any atom is -0.351 e. The highest BCUT2D eigenvalue weighted by atomic mass is 35.5. The number of benzene rings is 1. The van der Waals surface area contributed by atoms with Crippen molar-refractivity contribution in [1.82, 2.24) is 10.2 Å². The van der Waals surface area contributed by atoms with Crippen LogP contribution < -0.4 is 5.32 Å². The monoisotopic (exact) mass is 424 g/mol. The van der Waals surface area contributed by atoms with E-state index in [4.69, 9.17) is 23.2 Å². The standard InChI is InChI=1S/C22H30Cl2N2O2/c23-15-20(27)26(19-9-5-2-6-10-19)21(16-11-13-17(24)14-12-16)22(28)25-18-7-3-1-4-8-18/h11-14,18-19,21H,1-10,15H2,(H,25,28)/t21-/m1/s1. The summed E-state index contributed by atoms with van der Waals surface area (Å²) in [7, 11) is 0. The summed E-state index contributed by atoms with van der Waals surface area (Å²) in [5.74, 6) is -0.386. The Morgan fingerprint density at radius 1 is 0.964 bits per heavy atom. The molecule has 0 heterocycles. The summed E-state index contributed by atoms with van der Waals surface area (Å²) in [6.45, 7) is 0. The van der Waals surface area contributed by atoms with E-state index in [-0.39, 0.29) is 29.8 Å². The Hall–Kier alpha value is -1.26. The van der Waals surface area contributed by atoms with Crippen LogP contribution in [-0.4, -0.2) is 34.7 Å². The van der Waals surface area contributed by atoms with E-state index in [2.05, 4.69) is 5.32 Å². The molecule has 2 saturated carbocycles. The van der Waals surface area contributed by atoms with Crippen LogP contribution in [0, 0.1) is 0 Å². The number of hydrogen-bond acceptors (Lipinski definition) is 2. The zero-order valence-electron chi connectivity index (χ0n) is 16.3. The lowest BCUT2D eigenvalue weighted by Crippen LogP contribution is -2.51. The normalized spacial score (nSPS) is 19.8. The quantitative estimate of drug-likeness (QED) is 0.635. The minimum absolute atomic E-state index is 0.0535. The fourth-order valence-electron chi connectivity index (χ4n) is 4.60. The molecule has 2 aliphatic carbocycles. The summed E-state index contributed by atoms with van der Waals surface area (Å²) in [6, 6.07) is 6.85. The Labute approximate surface area is 177 Å². The highest BCUT2D eigenvalue weighted by molar-refractivity contribution is 6.30. The van der Waals surface area contributed by atoms with E-state index in [0.717, 1.165) is 56.9 Å². The maximum atomic E-state index is 13.4. The fraction of sp³-hybridized carbons (Fsp3) is 0.636. The van der Waals surface area contributed by atoms with Crippen molar-refractivity contribution in [2.24, 2.45) is 0 Å². The lowest BCUT2D eigenvalue weighted by molar-refractivity contribution is -0.143. The molecule has 6 heteroatoms. The van der Waals surface area contributed by atoms with Crippen LogP contribution in [0.3, 0.4) is 0 Å². The summed E-state index contributed by atoms with van der Waals surface area (Å²) in [5, 5.41) is 3.84. The van der Waals surface area contributed by atoms with Crippen LogP contribution in [0.25, 0.3) is 0 Å². The van der Waals surface area contributed by atoms with Gasteiger partial charge in [0.05, 0.1) is 0 Å². The van der Waals surface area contributed by atoms with Crippen molar-refractivity contribution in [3.63, 3.8) is 0 Å². The lowest BCUT2D eigenvalue weighted by Gasteiger charge is -2.40. The van der Waals surface area contributed by atoms with Crippen molar-refractivity contribution in [3.8, 4) is 0 Å². The topological polar surface area (TPSA) is 49.4 Å². The third kappa shape index (κ3) is 5.42. The molecule has 0 aliphatic heterocycles. The van der Waals surface area contributed by atoms with E-state index in [1.807, 2.05) is 12.1 Å². The van der Waals surface area contributed by atoms with Crippen molar-refractivity contribution in [2.45, 2.75) is 82.3 Å². The molecular formula is C22H30Cl2N2O2. The molecule has 28 heavy (non-hydrogen) atoms. The first-order valence-electron chi connectivity index (χ1n) is 10.5. The second-order valence-corrected chi connectivity index (χ2v) is 8.73. The van der Waals surface area contributed by atoms with Crippen LogP contribution in [-0.2, 0) is 9.59 Å². The molecule has 1 aromatic carbocycles. The van der Waals surface area contributed by atoms with Gasteiger partial charge < -0.3 is 10.2 Å². The smallest absolute Gasteiger partial charge is 0.247 e. The number of carbonyl (C=O) groups excluding carboxylic acids is 2. The molecule has 0 bridgehead atoms. The highest BCUT2D eigenvalue weighted by Gasteiger charge is 2.37. The van der Waals surface area contributed by atoms with Gasteiger partial charge in [-0.3, -0.25) is 9.59 Å². The van der Waals surface area contributed by atoms with E-state index in [1.54, 1.807) is 17.0 Å². The molecule has 154 valence electrons. The maximum absolute atomic E-state index is 13.4. The number of alkyl halides is 1. The largest absolute Gasteiger partial charge is 0.351 e. The van der Waals surface area contributed by atoms with E-state index < -0.39 is 6.04 Å². The van der Waals surface area contributed by atoms with Crippen LogP contribution in [0.4, 0.5) is 0 Å². The molecule has 0 aromatic heterocycles. The Balaban J connectivity index is 1.90. The molecule has 1 aromatic rings.